The van der Waals surface area contributed by atoms with Gasteiger partial charge in [0.1, 0.15) is 4.90 Å². The van der Waals surface area contributed by atoms with Gasteiger partial charge in [-0.2, -0.15) is 13.2 Å². The lowest BCUT2D eigenvalue weighted by Gasteiger charge is -2.12. The van der Waals surface area contributed by atoms with Crippen LogP contribution in [0, 0.1) is 0 Å². The van der Waals surface area contributed by atoms with Gasteiger partial charge in [0.25, 0.3) is 10.0 Å². The Morgan fingerprint density at radius 3 is 2.12 bits per heavy atom. The number of carboxylic acid groups (broad SMARTS) is 2. The molecule has 224 valence electrons. The van der Waals surface area contributed by atoms with Crippen LogP contribution in [-0.4, -0.2) is 44.5 Å². The third kappa shape index (κ3) is 6.99. The van der Waals surface area contributed by atoms with E-state index in [-0.39, 0.29) is 51.6 Å². The summed E-state index contributed by atoms with van der Waals surface area (Å²) in [5.41, 5.74) is 5.49. The highest BCUT2D eigenvalue weighted by Gasteiger charge is 2.35. The summed E-state index contributed by atoms with van der Waals surface area (Å²) in [5.74, 6) is -2.25. The maximum Gasteiger partial charge on any atom is 0.433 e. The van der Waals surface area contributed by atoms with Crippen molar-refractivity contribution in [3.05, 3.63) is 114 Å². The van der Waals surface area contributed by atoms with E-state index in [0.717, 1.165) is 16.2 Å². The fourth-order valence-corrected chi connectivity index (χ4v) is 5.41. The predicted molar refractivity (Wildman–Crippen MR) is 152 cm³/mol. The van der Waals surface area contributed by atoms with Gasteiger partial charge in [0.05, 0.1) is 16.6 Å². The fourth-order valence-electron chi connectivity index (χ4n) is 4.06. The van der Waals surface area contributed by atoms with Gasteiger partial charge < -0.3 is 15.9 Å². The summed E-state index contributed by atoms with van der Waals surface area (Å²) >= 11 is 0. The topological polar surface area (TPSA) is 165 Å². The van der Waals surface area contributed by atoms with Crippen molar-refractivity contribution in [2.75, 3.05) is 0 Å². The molecule has 3 heterocycles. The first-order valence-corrected chi connectivity index (χ1v) is 13.4. The molecule has 0 aliphatic carbocycles. The van der Waals surface area contributed by atoms with Gasteiger partial charge in [-0.05, 0) is 53.6 Å². The number of aromatic carboxylic acids is 2. The molecule has 0 aliphatic heterocycles. The summed E-state index contributed by atoms with van der Waals surface area (Å²) in [7, 11) is -4.03. The lowest BCUT2D eigenvalue weighted by Crippen LogP contribution is -2.12. The molecule has 3 aromatic heterocycles. The maximum absolute atomic E-state index is 13.4. The molecule has 2 aromatic carbocycles. The van der Waals surface area contributed by atoms with E-state index in [1.165, 1.54) is 73.2 Å². The lowest BCUT2D eigenvalue weighted by molar-refractivity contribution is -0.140. The number of benzene rings is 2. The predicted octanol–water partition coefficient (Wildman–Crippen LogP) is 5.32. The highest BCUT2D eigenvalue weighted by molar-refractivity contribution is 7.90. The van der Waals surface area contributed by atoms with Crippen LogP contribution in [0.25, 0.3) is 22.0 Å². The average molecular weight is 635 g/mol. The first kappa shape index (κ1) is 32.7. The molecule has 4 N–H and O–H groups in total. The molecule has 10 nitrogen and oxygen atoms in total. The van der Waals surface area contributed by atoms with Gasteiger partial charge in [-0.1, -0.05) is 24.3 Å². The Morgan fingerprint density at radius 2 is 1.56 bits per heavy atom. The van der Waals surface area contributed by atoms with E-state index >= 15 is 0 Å². The molecule has 5 aromatic rings. The zero-order valence-corrected chi connectivity index (χ0v) is 23.4. The van der Waals surface area contributed by atoms with Gasteiger partial charge >= 0.3 is 18.1 Å². The standard InChI is InChI=1S/C20H15F3N4O2S.C8H6O4.ClH/c21-20(22,23)19-17(4-2-8-26-19)13-5-6-16-14(10-24)12-27(18(16)9-13)30(28,29)15-3-1-7-25-11-15;9-7(10)5-2-1-3-6(4-5)8(11)12;/h1-9,11-12H,10,24H2;1-4H,(H,9,10)(H,11,12);1H. The summed E-state index contributed by atoms with van der Waals surface area (Å²) in [4.78, 5) is 28.0. The van der Waals surface area contributed by atoms with Crippen molar-refractivity contribution in [2.45, 2.75) is 17.6 Å². The minimum absolute atomic E-state index is 0. The number of halogens is 4. The van der Waals surface area contributed by atoms with E-state index < -0.39 is 33.8 Å². The minimum atomic E-state index is -4.66. The number of rotatable bonds is 6. The number of nitrogens with two attached hydrogens (primary N) is 1. The second-order valence-electron chi connectivity index (χ2n) is 8.67. The summed E-state index contributed by atoms with van der Waals surface area (Å²) in [6.45, 7) is 0.0616. The van der Waals surface area contributed by atoms with Crippen molar-refractivity contribution in [3.8, 4) is 11.1 Å². The molecule has 0 atom stereocenters. The number of pyridine rings is 2. The number of aromatic nitrogens is 3. The van der Waals surface area contributed by atoms with E-state index in [1.807, 2.05) is 0 Å². The third-order valence-electron chi connectivity index (χ3n) is 6.01. The van der Waals surface area contributed by atoms with E-state index in [9.17, 15) is 31.2 Å². The normalized spacial score (nSPS) is 11.3. The van der Waals surface area contributed by atoms with Gasteiger partial charge in [-0.15, -0.1) is 12.4 Å². The van der Waals surface area contributed by atoms with Crippen LogP contribution in [-0.2, 0) is 22.7 Å². The second kappa shape index (κ2) is 13.0. The van der Waals surface area contributed by atoms with Gasteiger partial charge in [-0.3, -0.25) is 9.97 Å². The monoisotopic (exact) mass is 634 g/mol. The molecule has 0 fully saturated rings. The zero-order valence-electron chi connectivity index (χ0n) is 21.8. The number of fused-ring (bicyclic) bond motifs is 1. The molecular weight excluding hydrogens is 613 g/mol. The van der Waals surface area contributed by atoms with Crippen LogP contribution in [0.5, 0.6) is 0 Å². The van der Waals surface area contributed by atoms with Crippen LogP contribution in [0.1, 0.15) is 32.0 Å². The molecule has 0 unspecified atom stereocenters. The Bertz CT molecular complexity index is 1870. The van der Waals surface area contributed by atoms with Crippen molar-refractivity contribution in [1.29, 1.82) is 0 Å². The van der Waals surface area contributed by atoms with Crippen molar-refractivity contribution in [1.82, 2.24) is 13.9 Å². The summed E-state index contributed by atoms with van der Waals surface area (Å²) in [6, 6.07) is 15.2. The van der Waals surface area contributed by atoms with E-state index in [1.54, 1.807) is 6.07 Å². The first-order valence-electron chi connectivity index (χ1n) is 11.9. The Morgan fingerprint density at radius 1 is 0.907 bits per heavy atom. The molecule has 5 rings (SSSR count). The number of alkyl halides is 3. The molecule has 0 spiro atoms. The molecule has 0 bridgehead atoms. The van der Waals surface area contributed by atoms with Crippen LogP contribution >= 0.6 is 12.4 Å². The molecule has 0 radical (unpaired) electrons. The van der Waals surface area contributed by atoms with Crippen LogP contribution in [0.3, 0.4) is 0 Å². The number of hydrogen-bond donors (Lipinski definition) is 3. The first-order chi connectivity index (χ1) is 19.8. The van der Waals surface area contributed by atoms with Crippen LogP contribution in [0.2, 0.25) is 0 Å². The second-order valence-corrected chi connectivity index (χ2v) is 10.5. The van der Waals surface area contributed by atoms with Crippen LogP contribution < -0.4 is 5.73 Å². The van der Waals surface area contributed by atoms with Crippen molar-refractivity contribution in [3.63, 3.8) is 0 Å². The van der Waals surface area contributed by atoms with Crippen LogP contribution in [0.15, 0.2) is 96.4 Å². The lowest BCUT2D eigenvalue weighted by atomic mass is 10.0. The third-order valence-corrected chi connectivity index (χ3v) is 7.67. The van der Waals surface area contributed by atoms with E-state index in [4.69, 9.17) is 15.9 Å². The highest BCUT2D eigenvalue weighted by atomic mass is 35.5. The van der Waals surface area contributed by atoms with Crippen molar-refractivity contribution in [2.24, 2.45) is 5.73 Å². The van der Waals surface area contributed by atoms with Gasteiger partial charge in [0.2, 0.25) is 0 Å². The Kier molecular flexibility index (Phi) is 9.91. The zero-order chi connectivity index (χ0) is 30.7. The number of carboxylic acids is 2. The highest BCUT2D eigenvalue weighted by Crippen LogP contribution is 2.37. The van der Waals surface area contributed by atoms with Crippen molar-refractivity contribution >= 4 is 45.3 Å². The SMILES string of the molecule is Cl.NCc1cn(S(=O)(=O)c2cccnc2)c2cc(-c3cccnc3C(F)(F)F)ccc12.O=C(O)c1cccc(C(=O)O)c1. The van der Waals surface area contributed by atoms with Gasteiger partial charge in [0, 0.05) is 42.3 Å². The summed E-state index contributed by atoms with van der Waals surface area (Å²) in [5, 5.41) is 17.5. The molecule has 15 heteroatoms. The molecule has 43 heavy (non-hydrogen) atoms. The maximum atomic E-state index is 13.4. The Balaban J connectivity index is 0.000000329. The molecule has 0 amide bonds. The van der Waals surface area contributed by atoms with Crippen molar-refractivity contribution < 1.29 is 41.4 Å². The summed E-state index contributed by atoms with van der Waals surface area (Å²) in [6.07, 6.45) is 0.433. The quantitative estimate of drug-likeness (QED) is 0.224. The number of nitrogens with zero attached hydrogens (tertiary/aromatic N) is 3. The van der Waals surface area contributed by atoms with E-state index in [0.29, 0.717) is 10.9 Å². The van der Waals surface area contributed by atoms with Gasteiger partial charge in [0.15, 0.2) is 5.69 Å². The number of carbonyl (C=O) groups is 2. The molecule has 0 saturated carbocycles. The molecular formula is C28H22ClF3N4O6S. The molecule has 0 saturated heterocycles. The van der Waals surface area contributed by atoms with Crippen LogP contribution in [0.4, 0.5) is 13.2 Å². The van der Waals surface area contributed by atoms with E-state index in [2.05, 4.69) is 9.97 Å². The van der Waals surface area contributed by atoms with Gasteiger partial charge in [-0.25, -0.2) is 22.0 Å². The number of hydrogen-bond acceptors (Lipinski definition) is 7. The molecule has 0 aliphatic rings. The minimum Gasteiger partial charge on any atom is -0.478 e. The average Bonchev–Trinajstić information content (AvgIpc) is 3.36. The Hall–Kier alpha value is -4.79. The largest absolute Gasteiger partial charge is 0.478 e. The fraction of sp³-hybridized carbons (Fsp3) is 0.0714. The summed E-state index contributed by atoms with van der Waals surface area (Å²) < 4.78 is 67.5. The Labute approximate surface area is 248 Å². The smallest absolute Gasteiger partial charge is 0.433 e.